The third-order valence-corrected chi connectivity index (χ3v) is 3.53. The number of hydrogen-bond acceptors (Lipinski definition) is 5. The van der Waals surface area contributed by atoms with Crippen molar-refractivity contribution in [2.75, 3.05) is 45.9 Å². The van der Waals surface area contributed by atoms with E-state index in [4.69, 9.17) is 19.3 Å². The van der Waals surface area contributed by atoms with Gasteiger partial charge in [-0.05, 0) is 6.92 Å². The molecule has 17 heavy (non-hydrogen) atoms. The average Bonchev–Trinajstić information content (AvgIpc) is 2.31. The zero-order valence-corrected chi connectivity index (χ0v) is 11.0. The lowest BCUT2D eigenvalue weighted by Gasteiger charge is -2.07. The average molecular weight is 268 g/mol. The van der Waals surface area contributed by atoms with Gasteiger partial charge >= 0.3 is 5.97 Å². The molecule has 0 heterocycles. The van der Waals surface area contributed by atoms with Crippen molar-refractivity contribution in [2.45, 2.75) is 12.2 Å². The molecule has 0 aliphatic carbocycles. The molecule has 0 saturated carbocycles. The van der Waals surface area contributed by atoms with Crippen molar-refractivity contribution >= 4 is 16.8 Å². The number of rotatable bonds is 11. The van der Waals surface area contributed by atoms with Gasteiger partial charge in [0.05, 0.1) is 33.0 Å². The van der Waals surface area contributed by atoms with Crippen molar-refractivity contribution in [1.82, 2.24) is 0 Å². The summed E-state index contributed by atoms with van der Waals surface area (Å²) in [7, 11) is 0.206. The summed E-state index contributed by atoms with van der Waals surface area (Å²) in [5, 5.41) is 7.76. The van der Waals surface area contributed by atoms with Gasteiger partial charge in [0.15, 0.2) is 0 Å². The van der Waals surface area contributed by atoms with E-state index in [1.165, 1.54) is 6.92 Å². The van der Waals surface area contributed by atoms with Crippen molar-refractivity contribution in [1.29, 1.82) is 0 Å². The second kappa shape index (κ2) is 10.6. The zero-order valence-electron chi connectivity index (χ0n) is 10.2. The summed E-state index contributed by atoms with van der Waals surface area (Å²) in [6.07, 6.45) is 0. The van der Waals surface area contributed by atoms with Gasteiger partial charge in [-0.25, -0.2) is 0 Å². The molecular formula is C10H20O6S. The van der Waals surface area contributed by atoms with Crippen molar-refractivity contribution < 1.29 is 28.3 Å². The maximum absolute atomic E-state index is 11.4. The summed E-state index contributed by atoms with van der Waals surface area (Å²) in [6.45, 7) is 3.61. The fraction of sp³-hybridized carbons (Fsp3) is 0.900. The van der Waals surface area contributed by atoms with Crippen molar-refractivity contribution in [3.8, 4) is 0 Å². The lowest BCUT2D eigenvalue weighted by molar-refractivity contribution is -0.136. The van der Waals surface area contributed by atoms with Crippen LogP contribution in [0.1, 0.15) is 6.92 Å². The van der Waals surface area contributed by atoms with E-state index in [-0.39, 0.29) is 12.4 Å². The van der Waals surface area contributed by atoms with Crippen LogP contribution in [0.25, 0.3) is 0 Å². The van der Waals surface area contributed by atoms with Crippen LogP contribution in [-0.4, -0.2) is 66.4 Å². The molecule has 7 heteroatoms. The van der Waals surface area contributed by atoms with Gasteiger partial charge in [0, 0.05) is 23.7 Å². The van der Waals surface area contributed by atoms with Gasteiger partial charge in [-0.1, -0.05) is 0 Å². The molecule has 0 fully saturated rings. The molecule has 0 aromatic rings. The molecule has 0 amide bonds. The van der Waals surface area contributed by atoms with Crippen molar-refractivity contribution in [3.05, 3.63) is 0 Å². The van der Waals surface area contributed by atoms with Crippen LogP contribution in [0.2, 0.25) is 0 Å². The first-order valence-electron chi connectivity index (χ1n) is 5.34. The molecule has 0 aromatic carbocycles. The monoisotopic (exact) mass is 268 g/mol. The SMILES string of the molecule is COCCOCCOCCS(=O)C(C)C(=O)O. The van der Waals surface area contributed by atoms with Crippen molar-refractivity contribution in [2.24, 2.45) is 0 Å². The molecule has 6 nitrogen and oxygen atoms in total. The highest BCUT2D eigenvalue weighted by molar-refractivity contribution is 7.86. The first kappa shape index (κ1) is 16.5. The van der Waals surface area contributed by atoms with Crippen LogP contribution < -0.4 is 0 Å². The molecule has 0 radical (unpaired) electrons. The van der Waals surface area contributed by atoms with E-state index in [1.807, 2.05) is 0 Å². The van der Waals surface area contributed by atoms with Crippen LogP contribution in [0.3, 0.4) is 0 Å². The van der Waals surface area contributed by atoms with Gasteiger partial charge in [0.2, 0.25) is 0 Å². The molecule has 0 aromatic heterocycles. The molecule has 2 atom stereocenters. The van der Waals surface area contributed by atoms with Crippen LogP contribution in [0.5, 0.6) is 0 Å². The Morgan fingerprint density at radius 2 is 1.71 bits per heavy atom. The molecule has 0 aliphatic heterocycles. The first-order chi connectivity index (χ1) is 8.09. The third-order valence-electron chi connectivity index (χ3n) is 1.97. The van der Waals surface area contributed by atoms with Gasteiger partial charge in [-0.2, -0.15) is 0 Å². The summed E-state index contributed by atoms with van der Waals surface area (Å²) >= 11 is 0. The van der Waals surface area contributed by atoms with E-state index in [9.17, 15) is 9.00 Å². The molecule has 0 aliphatic rings. The number of ether oxygens (including phenoxy) is 3. The highest BCUT2D eigenvalue weighted by Crippen LogP contribution is 1.96. The normalized spacial score (nSPS) is 14.5. The van der Waals surface area contributed by atoms with E-state index in [0.717, 1.165) is 0 Å². The predicted octanol–water partition coefficient (Wildman–Crippen LogP) is -0.112. The van der Waals surface area contributed by atoms with E-state index in [2.05, 4.69) is 0 Å². The summed E-state index contributed by atoms with van der Waals surface area (Å²) in [6, 6.07) is 0. The number of carboxylic acid groups (broad SMARTS) is 1. The minimum atomic E-state index is -1.39. The summed E-state index contributed by atoms with van der Waals surface area (Å²) in [5.41, 5.74) is 0. The highest BCUT2D eigenvalue weighted by atomic mass is 32.2. The second-order valence-electron chi connectivity index (χ2n) is 3.28. The second-order valence-corrected chi connectivity index (χ2v) is 5.16. The summed E-state index contributed by atoms with van der Waals surface area (Å²) < 4.78 is 26.5. The summed E-state index contributed by atoms with van der Waals surface area (Å²) in [4.78, 5) is 10.5. The number of methoxy groups -OCH3 is 1. The lowest BCUT2D eigenvalue weighted by atomic mass is 10.5. The topological polar surface area (TPSA) is 82.1 Å². The van der Waals surface area contributed by atoms with Crippen LogP contribution in [-0.2, 0) is 29.8 Å². The van der Waals surface area contributed by atoms with Crippen molar-refractivity contribution in [3.63, 3.8) is 0 Å². The Morgan fingerprint density at radius 1 is 1.18 bits per heavy atom. The van der Waals surface area contributed by atoms with Gasteiger partial charge < -0.3 is 19.3 Å². The molecule has 0 rings (SSSR count). The Bertz CT molecular complexity index is 233. The fourth-order valence-corrected chi connectivity index (χ4v) is 1.76. The molecule has 1 N–H and O–H groups in total. The minimum absolute atomic E-state index is 0.228. The van der Waals surface area contributed by atoms with E-state index >= 15 is 0 Å². The zero-order chi connectivity index (χ0) is 13.1. The lowest BCUT2D eigenvalue weighted by Crippen LogP contribution is -2.25. The summed E-state index contributed by atoms with van der Waals surface area (Å²) in [5.74, 6) is -0.822. The Labute approximate surface area is 104 Å². The number of carbonyl (C=O) groups is 1. The molecule has 0 bridgehead atoms. The highest BCUT2D eigenvalue weighted by Gasteiger charge is 2.17. The van der Waals surface area contributed by atoms with Crippen LogP contribution in [0.4, 0.5) is 0 Å². The Hall–Kier alpha value is -0.500. The van der Waals surface area contributed by atoms with Gasteiger partial charge in [0.1, 0.15) is 5.25 Å². The van der Waals surface area contributed by atoms with Crippen LogP contribution in [0, 0.1) is 0 Å². The van der Waals surface area contributed by atoms with E-state index in [1.54, 1.807) is 7.11 Å². The van der Waals surface area contributed by atoms with E-state index < -0.39 is 22.0 Å². The number of carboxylic acids is 1. The minimum Gasteiger partial charge on any atom is -0.480 e. The van der Waals surface area contributed by atoms with E-state index in [0.29, 0.717) is 26.4 Å². The third kappa shape index (κ3) is 9.22. The number of aliphatic carboxylic acids is 1. The van der Waals surface area contributed by atoms with Gasteiger partial charge in [-0.3, -0.25) is 9.00 Å². The van der Waals surface area contributed by atoms with Crippen LogP contribution >= 0.6 is 0 Å². The quantitative estimate of drug-likeness (QED) is 0.526. The largest absolute Gasteiger partial charge is 0.480 e. The van der Waals surface area contributed by atoms with Crippen LogP contribution in [0.15, 0.2) is 0 Å². The molecule has 0 spiro atoms. The maximum Gasteiger partial charge on any atom is 0.318 e. The predicted molar refractivity (Wildman–Crippen MR) is 63.6 cm³/mol. The molecule has 2 unspecified atom stereocenters. The van der Waals surface area contributed by atoms with Gasteiger partial charge in [0.25, 0.3) is 0 Å². The smallest absolute Gasteiger partial charge is 0.318 e. The maximum atomic E-state index is 11.4. The Kier molecular flexibility index (Phi) is 10.3. The fourth-order valence-electron chi connectivity index (χ4n) is 0.895. The molecule has 102 valence electrons. The first-order valence-corrected chi connectivity index (χ1v) is 6.72. The van der Waals surface area contributed by atoms with Gasteiger partial charge in [-0.15, -0.1) is 0 Å². The molecule has 0 saturated heterocycles. The standard InChI is InChI=1S/C10H20O6S/c1-9(10(11)12)17(13)8-7-16-6-5-15-4-3-14-2/h9H,3-8H2,1-2H3,(H,11,12). The number of hydrogen-bond donors (Lipinski definition) is 1. The Morgan fingerprint density at radius 3 is 2.24 bits per heavy atom. The molecular weight excluding hydrogens is 248 g/mol. The Balaban J connectivity index is 3.34.